The first-order valence-corrected chi connectivity index (χ1v) is 5.51. The molecule has 2 rings (SSSR count). The number of hydrogen-bond acceptors (Lipinski definition) is 2. The molecule has 0 aliphatic carbocycles. The molecule has 0 fully saturated rings. The Bertz CT molecular complexity index is 491. The molecule has 1 aromatic heterocycles. The van der Waals surface area contributed by atoms with E-state index in [9.17, 15) is 0 Å². The van der Waals surface area contributed by atoms with E-state index in [-0.39, 0.29) is 0 Å². The van der Waals surface area contributed by atoms with Crippen molar-refractivity contribution in [2.75, 3.05) is 7.05 Å². The Labute approximate surface area is 100 Å². The Morgan fingerprint density at radius 3 is 2.75 bits per heavy atom. The van der Waals surface area contributed by atoms with Crippen LogP contribution >= 0.6 is 11.6 Å². The molecule has 0 spiro atoms. The SMILES string of the molecule is CNCc1ccc(-c2ccnn2C)cc1Cl. The molecular formula is C12H14ClN3. The summed E-state index contributed by atoms with van der Waals surface area (Å²) in [5, 5.41) is 8.02. The van der Waals surface area contributed by atoms with E-state index in [1.54, 1.807) is 6.20 Å². The number of nitrogens with zero attached hydrogens (tertiary/aromatic N) is 2. The lowest BCUT2D eigenvalue weighted by atomic mass is 10.1. The molecular weight excluding hydrogens is 222 g/mol. The van der Waals surface area contributed by atoms with E-state index in [4.69, 9.17) is 11.6 Å². The van der Waals surface area contributed by atoms with Gasteiger partial charge in [0.05, 0.1) is 5.69 Å². The summed E-state index contributed by atoms with van der Waals surface area (Å²) in [5.74, 6) is 0. The second kappa shape index (κ2) is 4.68. The van der Waals surface area contributed by atoms with Gasteiger partial charge in [-0.2, -0.15) is 5.10 Å². The Morgan fingerprint density at radius 1 is 1.38 bits per heavy atom. The number of halogens is 1. The number of aromatic nitrogens is 2. The highest BCUT2D eigenvalue weighted by atomic mass is 35.5. The molecule has 0 bridgehead atoms. The van der Waals surface area contributed by atoms with Crippen molar-refractivity contribution in [3.63, 3.8) is 0 Å². The lowest BCUT2D eigenvalue weighted by molar-refractivity contribution is 0.775. The van der Waals surface area contributed by atoms with Crippen molar-refractivity contribution in [2.24, 2.45) is 7.05 Å². The highest BCUT2D eigenvalue weighted by Crippen LogP contribution is 2.25. The summed E-state index contributed by atoms with van der Waals surface area (Å²) in [5.41, 5.74) is 3.26. The van der Waals surface area contributed by atoms with Crippen LogP contribution in [-0.2, 0) is 13.6 Å². The lowest BCUT2D eigenvalue weighted by Crippen LogP contribution is -2.05. The molecule has 0 atom stereocenters. The van der Waals surface area contributed by atoms with E-state index in [1.165, 1.54) is 0 Å². The predicted molar refractivity (Wildman–Crippen MR) is 66.4 cm³/mol. The van der Waals surface area contributed by atoms with Gasteiger partial charge in [0.15, 0.2) is 0 Å². The zero-order valence-corrected chi connectivity index (χ0v) is 10.1. The highest BCUT2D eigenvalue weighted by molar-refractivity contribution is 6.31. The Morgan fingerprint density at radius 2 is 2.19 bits per heavy atom. The third-order valence-corrected chi connectivity index (χ3v) is 2.89. The van der Waals surface area contributed by atoms with Crippen LogP contribution < -0.4 is 5.32 Å². The summed E-state index contributed by atoms with van der Waals surface area (Å²) in [6, 6.07) is 8.06. The molecule has 0 aliphatic rings. The van der Waals surface area contributed by atoms with Gasteiger partial charge in [-0.15, -0.1) is 0 Å². The molecule has 2 aromatic rings. The van der Waals surface area contributed by atoms with Crippen molar-refractivity contribution in [1.29, 1.82) is 0 Å². The molecule has 1 N–H and O–H groups in total. The maximum Gasteiger partial charge on any atom is 0.0679 e. The van der Waals surface area contributed by atoms with Gasteiger partial charge in [-0.3, -0.25) is 4.68 Å². The van der Waals surface area contributed by atoms with Gasteiger partial charge >= 0.3 is 0 Å². The molecule has 0 saturated carbocycles. The van der Waals surface area contributed by atoms with Crippen LogP contribution in [0.4, 0.5) is 0 Å². The van der Waals surface area contributed by atoms with Crippen LogP contribution in [0.3, 0.4) is 0 Å². The Hall–Kier alpha value is -1.32. The quantitative estimate of drug-likeness (QED) is 0.886. The van der Waals surface area contributed by atoms with Crippen LogP contribution in [0.25, 0.3) is 11.3 Å². The normalized spacial score (nSPS) is 10.7. The van der Waals surface area contributed by atoms with Crippen molar-refractivity contribution in [1.82, 2.24) is 15.1 Å². The van der Waals surface area contributed by atoms with Gasteiger partial charge < -0.3 is 5.32 Å². The molecule has 4 heteroatoms. The first-order valence-electron chi connectivity index (χ1n) is 5.14. The number of aryl methyl sites for hydroxylation is 1. The minimum Gasteiger partial charge on any atom is -0.316 e. The van der Waals surface area contributed by atoms with Crippen LogP contribution in [0.5, 0.6) is 0 Å². The summed E-state index contributed by atoms with van der Waals surface area (Å²) in [6.45, 7) is 0.782. The first kappa shape index (κ1) is 11.2. The van der Waals surface area contributed by atoms with Crippen molar-refractivity contribution < 1.29 is 0 Å². The van der Waals surface area contributed by atoms with Crippen molar-refractivity contribution in [3.05, 3.63) is 41.0 Å². The summed E-state index contributed by atoms with van der Waals surface area (Å²) in [4.78, 5) is 0. The number of benzene rings is 1. The number of rotatable bonds is 3. The van der Waals surface area contributed by atoms with Gasteiger partial charge in [0.1, 0.15) is 0 Å². The third kappa shape index (κ3) is 2.10. The van der Waals surface area contributed by atoms with Crippen molar-refractivity contribution in [2.45, 2.75) is 6.54 Å². The van der Waals surface area contributed by atoms with Crippen LogP contribution in [0.1, 0.15) is 5.56 Å². The van der Waals surface area contributed by atoms with Crippen LogP contribution in [0.2, 0.25) is 5.02 Å². The van der Waals surface area contributed by atoms with Gasteiger partial charge in [0, 0.05) is 30.4 Å². The van der Waals surface area contributed by atoms with E-state index in [1.807, 2.05) is 37.0 Å². The zero-order chi connectivity index (χ0) is 11.5. The molecule has 3 nitrogen and oxygen atoms in total. The summed E-state index contributed by atoms with van der Waals surface area (Å²) in [7, 11) is 3.83. The average Bonchev–Trinajstić information content (AvgIpc) is 2.68. The average molecular weight is 236 g/mol. The molecule has 0 unspecified atom stereocenters. The zero-order valence-electron chi connectivity index (χ0n) is 9.37. The Kier molecular flexibility index (Phi) is 3.27. The monoisotopic (exact) mass is 235 g/mol. The molecule has 16 heavy (non-hydrogen) atoms. The van der Waals surface area contributed by atoms with Crippen LogP contribution in [-0.4, -0.2) is 16.8 Å². The Balaban J connectivity index is 2.38. The minimum atomic E-state index is 0.782. The number of hydrogen-bond donors (Lipinski definition) is 1. The van der Waals surface area contributed by atoms with E-state index in [0.717, 1.165) is 28.4 Å². The standard InChI is InChI=1S/C12H14ClN3/c1-14-8-10-4-3-9(7-11(10)13)12-5-6-15-16(12)2/h3-7,14H,8H2,1-2H3. The first-order chi connectivity index (χ1) is 7.72. The minimum absolute atomic E-state index is 0.782. The molecule has 0 saturated heterocycles. The van der Waals surface area contributed by atoms with Gasteiger partial charge in [0.25, 0.3) is 0 Å². The van der Waals surface area contributed by atoms with E-state index >= 15 is 0 Å². The van der Waals surface area contributed by atoms with Gasteiger partial charge in [-0.25, -0.2) is 0 Å². The third-order valence-electron chi connectivity index (χ3n) is 2.54. The number of nitrogens with one attached hydrogen (secondary N) is 1. The molecule has 0 radical (unpaired) electrons. The molecule has 0 amide bonds. The van der Waals surface area contributed by atoms with Crippen molar-refractivity contribution in [3.8, 4) is 11.3 Å². The molecule has 1 heterocycles. The fraction of sp³-hybridized carbons (Fsp3) is 0.250. The molecule has 84 valence electrons. The van der Waals surface area contributed by atoms with Crippen LogP contribution in [0.15, 0.2) is 30.5 Å². The second-order valence-corrected chi connectivity index (χ2v) is 4.08. The largest absolute Gasteiger partial charge is 0.316 e. The summed E-state index contributed by atoms with van der Waals surface area (Å²) in [6.07, 6.45) is 1.78. The highest BCUT2D eigenvalue weighted by Gasteiger charge is 2.05. The topological polar surface area (TPSA) is 29.9 Å². The van der Waals surface area contributed by atoms with Crippen molar-refractivity contribution >= 4 is 11.6 Å². The van der Waals surface area contributed by atoms with Gasteiger partial charge in [-0.05, 0) is 24.7 Å². The summed E-state index contributed by atoms with van der Waals surface area (Å²) < 4.78 is 1.84. The fourth-order valence-corrected chi connectivity index (χ4v) is 1.94. The second-order valence-electron chi connectivity index (χ2n) is 3.68. The van der Waals surface area contributed by atoms with E-state index in [0.29, 0.717) is 0 Å². The molecule has 1 aromatic carbocycles. The lowest BCUT2D eigenvalue weighted by Gasteiger charge is -2.07. The molecule has 0 aliphatic heterocycles. The maximum atomic E-state index is 6.21. The fourth-order valence-electron chi connectivity index (χ4n) is 1.70. The maximum absolute atomic E-state index is 6.21. The van der Waals surface area contributed by atoms with E-state index in [2.05, 4.69) is 16.5 Å². The van der Waals surface area contributed by atoms with Crippen LogP contribution in [0, 0.1) is 0 Å². The predicted octanol–water partition coefficient (Wildman–Crippen LogP) is 2.46. The van der Waals surface area contributed by atoms with Gasteiger partial charge in [-0.1, -0.05) is 23.7 Å². The van der Waals surface area contributed by atoms with Gasteiger partial charge in [0.2, 0.25) is 0 Å². The van der Waals surface area contributed by atoms with E-state index < -0.39 is 0 Å². The summed E-state index contributed by atoms with van der Waals surface area (Å²) >= 11 is 6.21. The smallest absolute Gasteiger partial charge is 0.0679 e.